The number of β-amino-alcohol motifs (C(OH)–C–C–N with tert-alkyl or cyclic N) is 1. The number of aliphatic hydroxyl groups is 3. The smallest absolute Gasteiger partial charge is 0.243 e. The fraction of sp³-hybridized carbons (Fsp3) is 0.500. The molecule has 3 atom stereocenters. The highest BCUT2D eigenvalue weighted by molar-refractivity contribution is 7.89. The van der Waals surface area contributed by atoms with E-state index in [0.717, 1.165) is 9.87 Å². The average molecular weight is 287 g/mol. The van der Waals surface area contributed by atoms with Gasteiger partial charge in [0.1, 0.15) is 0 Å². The van der Waals surface area contributed by atoms with E-state index < -0.39 is 34.9 Å². The summed E-state index contributed by atoms with van der Waals surface area (Å²) in [5, 5.41) is 28.4. The van der Waals surface area contributed by atoms with E-state index in [4.69, 9.17) is 0 Å². The molecule has 1 fully saturated rings. The zero-order valence-corrected chi connectivity index (χ0v) is 11.3. The molecule has 0 amide bonds. The molecule has 1 aromatic rings. The summed E-state index contributed by atoms with van der Waals surface area (Å²) in [5.41, 5.74) is 0.930. The number of benzene rings is 1. The van der Waals surface area contributed by atoms with Gasteiger partial charge in [0, 0.05) is 6.54 Å². The van der Waals surface area contributed by atoms with Gasteiger partial charge in [0.2, 0.25) is 10.0 Å². The van der Waals surface area contributed by atoms with Gasteiger partial charge in [-0.05, 0) is 19.1 Å². The first-order valence-corrected chi connectivity index (χ1v) is 7.37. The lowest BCUT2D eigenvalue weighted by Gasteiger charge is -2.23. The van der Waals surface area contributed by atoms with E-state index >= 15 is 0 Å². The van der Waals surface area contributed by atoms with Crippen LogP contribution in [0.4, 0.5) is 0 Å². The maximum atomic E-state index is 12.4. The van der Waals surface area contributed by atoms with Crippen LogP contribution in [-0.4, -0.2) is 59.4 Å². The predicted octanol–water partition coefficient (Wildman–Crippen LogP) is -0.918. The molecule has 2 rings (SSSR count). The van der Waals surface area contributed by atoms with Crippen LogP contribution in [0.2, 0.25) is 0 Å². The van der Waals surface area contributed by atoms with Crippen LogP contribution in [0, 0.1) is 6.92 Å². The van der Waals surface area contributed by atoms with Gasteiger partial charge in [0.05, 0.1) is 29.8 Å². The van der Waals surface area contributed by atoms with Gasteiger partial charge in [0.25, 0.3) is 0 Å². The van der Waals surface area contributed by atoms with Gasteiger partial charge in [-0.3, -0.25) is 0 Å². The fourth-order valence-electron chi connectivity index (χ4n) is 2.18. The lowest BCUT2D eigenvalue weighted by molar-refractivity contribution is 0.0265. The highest BCUT2D eigenvalue weighted by atomic mass is 32.2. The van der Waals surface area contributed by atoms with Crippen molar-refractivity contribution in [2.24, 2.45) is 0 Å². The molecule has 6 nitrogen and oxygen atoms in total. The maximum absolute atomic E-state index is 12.4. The van der Waals surface area contributed by atoms with Crippen LogP contribution >= 0.6 is 0 Å². The second-order valence-corrected chi connectivity index (χ2v) is 6.59. The second-order valence-electron chi connectivity index (χ2n) is 4.70. The van der Waals surface area contributed by atoms with E-state index in [0.29, 0.717) is 0 Å². The topological polar surface area (TPSA) is 98.1 Å². The first kappa shape index (κ1) is 14.4. The molecule has 3 unspecified atom stereocenters. The van der Waals surface area contributed by atoms with E-state index in [9.17, 15) is 23.7 Å². The fourth-order valence-corrected chi connectivity index (χ4v) is 3.82. The van der Waals surface area contributed by atoms with E-state index in [-0.39, 0.29) is 11.4 Å². The standard InChI is InChI=1S/C12H17NO5S/c1-8-2-4-9(5-3-8)19(17,18)13-6-11(15)12(16)10(13)7-14/h2-5,10-12,14-16H,6-7H2,1H3. The van der Waals surface area contributed by atoms with E-state index in [2.05, 4.69) is 0 Å². The van der Waals surface area contributed by atoms with Crippen molar-refractivity contribution in [3.05, 3.63) is 29.8 Å². The van der Waals surface area contributed by atoms with Crippen molar-refractivity contribution < 1.29 is 23.7 Å². The molecule has 0 aliphatic carbocycles. The van der Waals surface area contributed by atoms with Crippen molar-refractivity contribution in [1.82, 2.24) is 4.31 Å². The molecule has 0 saturated carbocycles. The Labute approximate surface area is 112 Å². The van der Waals surface area contributed by atoms with Gasteiger partial charge < -0.3 is 15.3 Å². The molecule has 1 aromatic carbocycles. The second kappa shape index (κ2) is 5.18. The minimum Gasteiger partial charge on any atom is -0.395 e. The lowest BCUT2D eigenvalue weighted by Crippen LogP contribution is -2.42. The molecular formula is C12H17NO5S. The van der Waals surface area contributed by atoms with Crippen LogP contribution < -0.4 is 0 Å². The predicted molar refractivity (Wildman–Crippen MR) is 68.0 cm³/mol. The van der Waals surface area contributed by atoms with Crippen molar-refractivity contribution in [2.75, 3.05) is 13.2 Å². The van der Waals surface area contributed by atoms with Crippen molar-refractivity contribution in [2.45, 2.75) is 30.1 Å². The Balaban J connectivity index is 2.37. The van der Waals surface area contributed by atoms with Crippen molar-refractivity contribution in [3.63, 3.8) is 0 Å². The first-order valence-electron chi connectivity index (χ1n) is 5.93. The Kier molecular flexibility index (Phi) is 3.93. The minimum atomic E-state index is -3.83. The molecule has 3 N–H and O–H groups in total. The molecule has 0 radical (unpaired) electrons. The number of hydrogen-bond donors (Lipinski definition) is 3. The Bertz CT molecular complexity index is 542. The number of hydrogen-bond acceptors (Lipinski definition) is 5. The highest BCUT2D eigenvalue weighted by Gasteiger charge is 2.45. The Morgan fingerprint density at radius 2 is 1.84 bits per heavy atom. The van der Waals surface area contributed by atoms with Crippen molar-refractivity contribution in [3.8, 4) is 0 Å². The summed E-state index contributed by atoms with van der Waals surface area (Å²) < 4.78 is 25.7. The number of aryl methyl sites for hydroxylation is 1. The van der Waals surface area contributed by atoms with Gasteiger partial charge >= 0.3 is 0 Å². The average Bonchev–Trinajstić information content (AvgIpc) is 2.66. The quantitative estimate of drug-likeness (QED) is 0.668. The van der Waals surface area contributed by atoms with Crippen LogP contribution in [0.5, 0.6) is 0 Å². The minimum absolute atomic E-state index is 0.0813. The van der Waals surface area contributed by atoms with Gasteiger partial charge in [-0.1, -0.05) is 17.7 Å². The van der Waals surface area contributed by atoms with Crippen molar-refractivity contribution in [1.29, 1.82) is 0 Å². The van der Waals surface area contributed by atoms with E-state index in [1.807, 2.05) is 6.92 Å². The normalized spacial score (nSPS) is 28.7. The third kappa shape index (κ3) is 2.52. The summed E-state index contributed by atoms with van der Waals surface area (Å²) >= 11 is 0. The number of sulfonamides is 1. The van der Waals surface area contributed by atoms with Crippen molar-refractivity contribution >= 4 is 10.0 Å². The number of rotatable bonds is 3. The molecule has 1 saturated heterocycles. The molecule has 19 heavy (non-hydrogen) atoms. The lowest BCUT2D eigenvalue weighted by atomic mass is 10.1. The molecule has 0 aromatic heterocycles. The van der Waals surface area contributed by atoms with Crippen LogP contribution in [0.1, 0.15) is 5.56 Å². The van der Waals surface area contributed by atoms with Gasteiger partial charge in [0.15, 0.2) is 0 Å². The summed E-state index contributed by atoms with van der Waals surface area (Å²) in [6.07, 6.45) is -2.46. The molecule has 106 valence electrons. The maximum Gasteiger partial charge on any atom is 0.243 e. The number of nitrogens with zero attached hydrogens (tertiary/aromatic N) is 1. The largest absolute Gasteiger partial charge is 0.395 e. The third-order valence-corrected chi connectivity index (χ3v) is 5.25. The van der Waals surface area contributed by atoms with E-state index in [1.54, 1.807) is 12.1 Å². The van der Waals surface area contributed by atoms with E-state index in [1.165, 1.54) is 12.1 Å². The highest BCUT2D eigenvalue weighted by Crippen LogP contribution is 2.26. The Morgan fingerprint density at radius 1 is 1.26 bits per heavy atom. The zero-order valence-electron chi connectivity index (χ0n) is 10.5. The molecule has 1 aliphatic rings. The summed E-state index contributed by atoms with van der Waals surface area (Å²) in [6, 6.07) is 5.26. The van der Waals surface area contributed by atoms with Gasteiger partial charge in [-0.2, -0.15) is 4.31 Å². The molecular weight excluding hydrogens is 270 g/mol. The van der Waals surface area contributed by atoms with Crippen LogP contribution in [0.15, 0.2) is 29.2 Å². The van der Waals surface area contributed by atoms with Gasteiger partial charge in [-0.25, -0.2) is 8.42 Å². The zero-order chi connectivity index (χ0) is 14.2. The molecule has 1 aliphatic heterocycles. The Morgan fingerprint density at radius 3 is 2.37 bits per heavy atom. The molecule has 0 spiro atoms. The molecule has 7 heteroatoms. The van der Waals surface area contributed by atoms with Crippen LogP contribution in [0.3, 0.4) is 0 Å². The van der Waals surface area contributed by atoms with Crippen LogP contribution in [-0.2, 0) is 10.0 Å². The summed E-state index contributed by atoms with van der Waals surface area (Å²) in [5.74, 6) is 0. The summed E-state index contributed by atoms with van der Waals surface area (Å²) in [4.78, 5) is 0.0813. The molecule has 0 bridgehead atoms. The number of aliphatic hydroxyl groups excluding tert-OH is 3. The first-order chi connectivity index (χ1) is 8.87. The van der Waals surface area contributed by atoms with Crippen LogP contribution in [0.25, 0.3) is 0 Å². The monoisotopic (exact) mass is 287 g/mol. The summed E-state index contributed by atoms with van der Waals surface area (Å²) in [6.45, 7) is 1.09. The third-order valence-electron chi connectivity index (χ3n) is 3.34. The molecule has 1 heterocycles. The SMILES string of the molecule is Cc1ccc(S(=O)(=O)N2CC(O)C(O)C2CO)cc1. The van der Waals surface area contributed by atoms with Gasteiger partial charge in [-0.15, -0.1) is 0 Å². The summed E-state index contributed by atoms with van der Waals surface area (Å²) in [7, 11) is -3.83. The Hall–Kier alpha value is -0.990.